The van der Waals surface area contributed by atoms with Gasteiger partial charge in [-0.25, -0.2) is 4.39 Å². The molecule has 3 aliphatic rings. The van der Waals surface area contributed by atoms with Crippen molar-refractivity contribution in [3.05, 3.63) is 88.2 Å². The Morgan fingerprint density at radius 1 is 1.07 bits per heavy atom. The van der Waals surface area contributed by atoms with Gasteiger partial charge in [0.15, 0.2) is 0 Å². The SMILES string of the molecule is COc1cc(N2CCC(C(CN)c3ccc(COc4cccc5c4CN([C@H]4CCC(=O)NC4=O)C5=O)c(F)c3)CC2)ccc1C#N. The molecular weight excluding hydrogens is 589 g/mol. The summed E-state index contributed by atoms with van der Waals surface area (Å²) in [6.07, 6.45) is 2.23. The summed E-state index contributed by atoms with van der Waals surface area (Å²) in [7, 11) is 1.56. The Balaban J connectivity index is 1.09. The van der Waals surface area contributed by atoms with Gasteiger partial charge < -0.3 is 25.0 Å². The summed E-state index contributed by atoms with van der Waals surface area (Å²) in [6, 6.07) is 17.4. The Morgan fingerprint density at radius 2 is 1.87 bits per heavy atom. The number of halogens is 1. The highest BCUT2D eigenvalue weighted by molar-refractivity contribution is 6.05. The lowest BCUT2D eigenvalue weighted by atomic mass is 9.79. The fraction of sp³-hybridized carbons (Fsp3) is 0.371. The summed E-state index contributed by atoms with van der Waals surface area (Å²) in [5.74, 6) is -0.185. The molecule has 3 aromatic carbocycles. The van der Waals surface area contributed by atoms with Gasteiger partial charge in [0.2, 0.25) is 11.8 Å². The van der Waals surface area contributed by atoms with Crippen molar-refractivity contribution in [1.29, 1.82) is 5.26 Å². The van der Waals surface area contributed by atoms with Crippen LogP contribution in [0.5, 0.6) is 11.5 Å². The Labute approximate surface area is 266 Å². The quantitative estimate of drug-likeness (QED) is 0.341. The van der Waals surface area contributed by atoms with Crippen molar-refractivity contribution in [2.75, 3.05) is 31.6 Å². The largest absolute Gasteiger partial charge is 0.495 e. The molecule has 0 radical (unpaired) electrons. The number of imide groups is 1. The number of ether oxygens (including phenoxy) is 2. The van der Waals surface area contributed by atoms with E-state index in [1.54, 1.807) is 43.5 Å². The van der Waals surface area contributed by atoms with E-state index in [2.05, 4.69) is 16.3 Å². The number of nitrogens with two attached hydrogens (primary N) is 1. The molecule has 0 bridgehead atoms. The molecule has 1 unspecified atom stereocenters. The van der Waals surface area contributed by atoms with Crippen LogP contribution in [0.4, 0.5) is 10.1 Å². The summed E-state index contributed by atoms with van der Waals surface area (Å²) in [5.41, 5.74) is 10.1. The minimum absolute atomic E-state index is 0.00351. The number of methoxy groups -OCH3 is 1. The van der Waals surface area contributed by atoms with Gasteiger partial charge in [-0.3, -0.25) is 19.7 Å². The summed E-state index contributed by atoms with van der Waals surface area (Å²) in [5, 5.41) is 11.6. The van der Waals surface area contributed by atoms with E-state index in [1.807, 2.05) is 18.2 Å². The number of hydrogen-bond donors (Lipinski definition) is 2. The van der Waals surface area contributed by atoms with Crippen LogP contribution in [0.3, 0.4) is 0 Å². The van der Waals surface area contributed by atoms with E-state index < -0.39 is 11.9 Å². The maximum atomic E-state index is 15.5. The number of carbonyl (C=O) groups excluding carboxylic acids is 3. The van der Waals surface area contributed by atoms with Crippen LogP contribution >= 0.6 is 0 Å². The molecule has 6 rings (SSSR count). The van der Waals surface area contributed by atoms with Gasteiger partial charge in [0.1, 0.15) is 36.0 Å². The zero-order chi connectivity index (χ0) is 32.4. The minimum atomic E-state index is -0.724. The molecule has 3 aromatic rings. The summed E-state index contributed by atoms with van der Waals surface area (Å²) >= 11 is 0. The standard InChI is InChI=1S/C35H36FN5O5/c1-45-32-16-25(8-7-23(32)17-37)40-13-11-21(12-14-40)27(18-38)22-5-6-24(29(36)15-22)20-46-31-4-2-3-26-28(31)19-41(35(26)44)30-9-10-33(42)39-34(30)43/h2-8,15-16,21,27,30H,9-14,18-20,38H2,1H3,(H,39,42,43)/t27?,30-/m0/s1. The average Bonchev–Trinajstić information content (AvgIpc) is 3.41. The van der Waals surface area contributed by atoms with Gasteiger partial charge in [-0.2, -0.15) is 5.26 Å². The number of rotatable bonds is 9. The van der Waals surface area contributed by atoms with Gasteiger partial charge >= 0.3 is 0 Å². The first kappa shape index (κ1) is 31.0. The molecule has 2 saturated heterocycles. The van der Waals surface area contributed by atoms with Gasteiger partial charge in [0, 0.05) is 48.0 Å². The van der Waals surface area contributed by atoms with Gasteiger partial charge in [0.05, 0.1) is 19.2 Å². The number of amides is 3. The number of nitriles is 1. The zero-order valence-corrected chi connectivity index (χ0v) is 25.6. The number of benzene rings is 3. The van der Waals surface area contributed by atoms with Crippen molar-refractivity contribution in [1.82, 2.24) is 10.2 Å². The van der Waals surface area contributed by atoms with Crippen LogP contribution < -0.4 is 25.4 Å². The Hall–Kier alpha value is -4.95. The third-order valence-electron chi connectivity index (χ3n) is 9.46. The minimum Gasteiger partial charge on any atom is -0.495 e. The van der Waals surface area contributed by atoms with E-state index in [-0.39, 0.29) is 49.5 Å². The van der Waals surface area contributed by atoms with E-state index in [1.165, 1.54) is 4.90 Å². The topological polar surface area (TPSA) is 138 Å². The maximum Gasteiger partial charge on any atom is 0.255 e. The van der Waals surface area contributed by atoms with Gasteiger partial charge in [-0.05, 0) is 73.5 Å². The average molecular weight is 626 g/mol. The second-order valence-corrected chi connectivity index (χ2v) is 12.0. The van der Waals surface area contributed by atoms with Crippen LogP contribution in [0.1, 0.15) is 64.2 Å². The lowest BCUT2D eigenvalue weighted by Gasteiger charge is -2.37. The molecule has 2 atom stereocenters. The van der Waals surface area contributed by atoms with E-state index in [0.29, 0.717) is 46.2 Å². The first-order valence-corrected chi connectivity index (χ1v) is 15.5. The van der Waals surface area contributed by atoms with Crippen LogP contribution in [-0.2, 0) is 22.7 Å². The van der Waals surface area contributed by atoms with Crippen molar-refractivity contribution >= 4 is 23.4 Å². The monoisotopic (exact) mass is 625 g/mol. The predicted molar refractivity (Wildman–Crippen MR) is 168 cm³/mol. The predicted octanol–water partition coefficient (Wildman–Crippen LogP) is 4.00. The van der Waals surface area contributed by atoms with E-state index in [0.717, 1.165) is 37.2 Å². The van der Waals surface area contributed by atoms with Gasteiger partial charge in [-0.1, -0.05) is 18.2 Å². The lowest BCUT2D eigenvalue weighted by molar-refractivity contribution is -0.136. The number of nitrogens with one attached hydrogen (secondary N) is 1. The van der Waals surface area contributed by atoms with E-state index in [9.17, 15) is 19.6 Å². The lowest BCUT2D eigenvalue weighted by Crippen LogP contribution is -2.52. The molecule has 0 aromatic heterocycles. The summed E-state index contributed by atoms with van der Waals surface area (Å²) < 4.78 is 26.9. The van der Waals surface area contributed by atoms with Crippen molar-refractivity contribution in [2.24, 2.45) is 11.7 Å². The van der Waals surface area contributed by atoms with Crippen LogP contribution in [0.15, 0.2) is 54.6 Å². The molecule has 46 heavy (non-hydrogen) atoms. The molecule has 0 aliphatic carbocycles. The second kappa shape index (κ2) is 13.2. The molecule has 11 heteroatoms. The fourth-order valence-electron chi connectivity index (χ4n) is 6.89. The molecule has 3 heterocycles. The smallest absolute Gasteiger partial charge is 0.255 e. The Kier molecular flexibility index (Phi) is 8.90. The highest BCUT2D eigenvalue weighted by Gasteiger charge is 2.40. The van der Waals surface area contributed by atoms with Gasteiger partial charge in [-0.15, -0.1) is 0 Å². The van der Waals surface area contributed by atoms with Crippen LogP contribution in [-0.4, -0.2) is 55.4 Å². The first-order chi connectivity index (χ1) is 22.3. The van der Waals surface area contributed by atoms with E-state index >= 15 is 4.39 Å². The normalized spacial score (nSPS) is 19.0. The van der Waals surface area contributed by atoms with Crippen LogP contribution in [0.25, 0.3) is 0 Å². The molecule has 3 amide bonds. The zero-order valence-electron chi connectivity index (χ0n) is 25.6. The molecular formula is C35H36FN5O5. The van der Waals surface area contributed by atoms with Crippen molar-refractivity contribution in [2.45, 2.75) is 50.8 Å². The van der Waals surface area contributed by atoms with Crippen molar-refractivity contribution in [3.63, 3.8) is 0 Å². The van der Waals surface area contributed by atoms with E-state index in [4.69, 9.17) is 15.2 Å². The molecule has 2 fully saturated rings. The number of anilines is 1. The first-order valence-electron chi connectivity index (χ1n) is 15.5. The third-order valence-corrected chi connectivity index (χ3v) is 9.46. The van der Waals surface area contributed by atoms with Crippen LogP contribution in [0.2, 0.25) is 0 Å². The second-order valence-electron chi connectivity index (χ2n) is 12.0. The Morgan fingerprint density at radius 3 is 2.57 bits per heavy atom. The molecule has 3 N–H and O–H groups in total. The molecule has 238 valence electrons. The van der Waals surface area contributed by atoms with Crippen molar-refractivity contribution < 1.29 is 28.2 Å². The molecule has 3 aliphatic heterocycles. The van der Waals surface area contributed by atoms with Crippen LogP contribution in [0, 0.1) is 23.1 Å². The number of fused-ring (bicyclic) bond motifs is 1. The molecule has 0 spiro atoms. The van der Waals surface area contributed by atoms with Gasteiger partial charge in [0.25, 0.3) is 5.91 Å². The van der Waals surface area contributed by atoms with Crippen molar-refractivity contribution in [3.8, 4) is 17.6 Å². The third kappa shape index (κ3) is 6.00. The number of carbonyl (C=O) groups is 3. The maximum absolute atomic E-state index is 15.5. The number of hydrogen-bond acceptors (Lipinski definition) is 8. The Bertz CT molecular complexity index is 1710. The highest BCUT2D eigenvalue weighted by atomic mass is 19.1. The molecule has 0 saturated carbocycles. The number of piperidine rings is 2. The number of nitrogens with zero attached hydrogens (tertiary/aromatic N) is 3. The summed E-state index contributed by atoms with van der Waals surface area (Å²) in [4.78, 5) is 40.9. The highest BCUT2D eigenvalue weighted by Crippen LogP contribution is 2.37. The summed E-state index contributed by atoms with van der Waals surface area (Å²) in [6.45, 7) is 2.17. The fourth-order valence-corrected chi connectivity index (χ4v) is 6.89. The molecule has 10 nitrogen and oxygen atoms in total.